The molecule has 0 aliphatic carbocycles. The smallest absolute Gasteiger partial charge is 0.376 e. The zero-order chi connectivity index (χ0) is 20.2. The summed E-state index contributed by atoms with van der Waals surface area (Å²) in [4.78, 5) is 0. The fourth-order valence-corrected chi connectivity index (χ4v) is 3.97. The SMILES string of the molecule is CCCC[N+](CCCC)(CCCC)CCCC.C[B-]12OCC(C)(CO1)CO2. The lowest BCUT2D eigenvalue weighted by Crippen LogP contribution is -2.61. The van der Waals surface area contributed by atoms with Crippen molar-refractivity contribution in [2.75, 3.05) is 46.0 Å². The van der Waals surface area contributed by atoms with Gasteiger partial charge < -0.3 is 18.4 Å². The molecule has 2 bridgehead atoms. The van der Waals surface area contributed by atoms with Gasteiger partial charge in [0.2, 0.25) is 0 Å². The van der Waals surface area contributed by atoms with Gasteiger partial charge in [-0.05, 0) is 25.7 Å². The second kappa shape index (κ2) is 12.5. The second-order valence-corrected chi connectivity index (χ2v) is 9.39. The molecule has 3 fully saturated rings. The number of rotatable bonds is 12. The minimum absolute atomic E-state index is 0.111. The Hall–Kier alpha value is -0.0951. The number of hydrogen-bond acceptors (Lipinski definition) is 3. The van der Waals surface area contributed by atoms with E-state index in [0.717, 1.165) is 19.8 Å². The Morgan fingerprint density at radius 2 is 0.963 bits per heavy atom. The molecule has 0 aromatic heterocycles. The summed E-state index contributed by atoms with van der Waals surface area (Å²) in [5.74, 6) is 0. The van der Waals surface area contributed by atoms with Crippen LogP contribution in [0.4, 0.5) is 0 Å². The maximum absolute atomic E-state index is 5.39. The third-order valence-corrected chi connectivity index (χ3v) is 6.15. The quantitative estimate of drug-likeness (QED) is 0.321. The lowest BCUT2D eigenvalue weighted by Gasteiger charge is -2.56. The molecule has 0 atom stereocenters. The van der Waals surface area contributed by atoms with E-state index >= 15 is 0 Å². The van der Waals surface area contributed by atoms with Gasteiger partial charge in [0.15, 0.2) is 0 Å². The van der Waals surface area contributed by atoms with E-state index in [9.17, 15) is 0 Å². The molecule has 5 heteroatoms. The standard InChI is InChI=1S/C16H36N.C6H12BO3/c1-5-9-13-17(14-10-6-2,15-11-7-3)16-12-8-4;1-6-3-8-7(2,9-4-6)10-5-6/h5-16H2,1-4H3;3-5H2,1-2H3/q+1;-1. The Morgan fingerprint density at radius 1 is 0.667 bits per heavy atom. The summed E-state index contributed by atoms with van der Waals surface area (Å²) >= 11 is 0. The Kier molecular flexibility index (Phi) is 11.5. The van der Waals surface area contributed by atoms with Crippen LogP contribution >= 0.6 is 0 Å². The fraction of sp³-hybridized carbons (Fsp3) is 1.00. The van der Waals surface area contributed by atoms with E-state index in [1.807, 2.05) is 6.82 Å². The molecule has 0 aromatic rings. The predicted molar refractivity (Wildman–Crippen MR) is 117 cm³/mol. The maximum atomic E-state index is 5.39. The van der Waals surface area contributed by atoms with Gasteiger partial charge in [-0.15, -0.1) is 6.82 Å². The molecule has 3 heterocycles. The van der Waals surface area contributed by atoms with Crippen LogP contribution in [0.3, 0.4) is 0 Å². The van der Waals surface area contributed by atoms with Crippen molar-refractivity contribution in [1.82, 2.24) is 0 Å². The lowest BCUT2D eigenvalue weighted by molar-refractivity contribution is -0.929. The van der Waals surface area contributed by atoms with Crippen molar-refractivity contribution in [3.63, 3.8) is 0 Å². The predicted octanol–water partition coefficient (Wildman–Crippen LogP) is 5.64. The first-order chi connectivity index (χ1) is 12.9. The molecule has 3 aliphatic rings. The molecular formula is C22H48BNO3. The van der Waals surface area contributed by atoms with Crippen molar-refractivity contribution in [3.05, 3.63) is 0 Å². The van der Waals surface area contributed by atoms with E-state index in [1.54, 1.807) is 0 Å². The summed E-state index contributed by atoms with van der Waals surface area (Å²) in [6, 6.07) is 0. The molecule has 27 heavy (non-hydrogen) atoms. The highest BCUT2D eigenvalue weighted by Gasteiger charge is 2.42. The highest BCUT2D eigenvalue weighted by Crippen LogP contribution is 2.34. The molecule has 0 unspecified atom stereocenters. The first-order valence-electron chi connectivity index (χ1n) is 11.8. The van der Waals surface area contributed by atoms with E-state index in [-0.39, 0.29) is 5.41 Å². The van der Waals surface area contributed by atoms with E-state index < -0.39 is 6.75 Å². The molecule has 3 aliphatic heterocycles. The van der Waals surface area contributed by atoms with Gasteiger partial charge in [-0.3, -0.25) is 0 Å². The van der Waals surface area contributed by atoms with Crippen LogP contribution in [0.2, 0.25) is 6.82 Å². The molecule has 0 spiro atoms. The Bertz CT molecular complexity index is 312. The summed E-state index contributed by atoms with van der Waals surface area (Å²) in [6.45, 7) is 20.0. The van der Waals surface area contributed by atoms with Gasteiger partial charge in [0.1, 0.15) is 0 Å². The minimum atomic E-state index is -1.35. The van der Waals surface area contributed by atoms with Crippen LogP contribution in [-0.2, 0) is 14.0 Å². The number of nitrogens with zero attached hydrogens (tertiary/aromatic N) is 1. The average molecular weight is 385 g/mol. The van der Waals surface area contributed by atoms with E-state index in [2.05, 4.69) is 34.6 Å². The van der Waals surface area contributed by atoms with E-state index in [1.165, 1.54) is 82.0 Å². The largest absolute Gasteiger partial charge is 0.544 e. The zero-order valence-electron chi connectivity index (χ0n) is 19.4. The Labute approximate surface area is 169 Å². The summed E-state index contributed by atoms with van der Waals surface area (Å²) in [7, 11) is 0. The van der Waals surface area contributed by atoms with Crippen LogP contribution < -0.4 is 0 Å². The van der Waals surface area contributed by atoms with Gasteiger partial charge in [0.05, 0.1) is 26.2 Å². The molecule has 0 radical (unpaired) electrons. The van der Waals surface area contributed by atoms with Crippen LogP contribution in [0, 0.1) is 5.41 Å². The third-order valence-electron chi connectivity index (χ3n) is 6.15. The molecule has 3 rings (SSSR count). The first kappa shape index (κ1) is 24.9. The fourth-order valence-electron chi connectivity index (χ4n) is 3.97. The van der Waals surface area contributed by atoms with Crippen LogP contribution in [-0.4, -0.2) is 57.2 Å². The molecule has 0 aromatic carbocycles. The van der Waals surface area contributed by atoms with Gasteiger partial charge in [0.25, 0.3) is 0 Å². The van der Waals surface area contributed by atoms with Crippen LogP contribution in [0.1, 0.15) is 86.0 Å². The monoisotopic (exact) mass is 385 g/mol. The van der Waals surface area contributed by atoms with Gasteiger partial charge in [0, 0.05) is 25.2 Å². The molecule has 162 valence electrons. The Morgan fingerprint density at radius 3 is 1.19 bits per heavy atom. The van der Waals surface area contributed by atoms with Crippen molar-refractivity contribution < 1.29 is 18.4 Å². The van der Waals surface area contributed by atoms with Gasteiger partial charge in [-0.25, -0.2) is 0 Å². The molecular weight excluding hydrogens is 337 g/mol. The Balaban J connectivity index is 0.000000303. The van der Waals surface area contributed by atoms with Gasteiger partial charge in [-0.2, -0.15) is 0 Å². The van der Waals surface area contributed by atoms with Gasteiger partial charge >= 0.3 is 6.75 Å². The van der Waals surface area contributed by atoms with Gasteiger partial charge in [-0.1, -0.05) is 60.3 Å². The third kappa shape index (κ3) is 8.85. The first-order valence-corrected chi connectivity index (χ1v) is 11.8. The topological polar surface area (TPSA) is 27.7 Å². The average Bonchev–Trinajstić information content (AvgIpc) is 2.69. The van der Waals surface area contributed by atoms with Crippen LogP contribution in [0.5, 0.6) is 0 Å². The van der Waals surface area contributed by atoms with Crippen LogP contribution in [0.15, 0.2) is 0 Å². The maximum Gasteiger partial charge on any atom is 0.376 e. The highest BCUT2D eigenvalue weighted by molar-refractivity contribution is 6.59. The second-order valence-electron chi connectivity index (χ2n) is 9.39. The number of hydrogen-bond donors (Lipinski definition) is 0. The zero-order valence-corrected chi connectivity index (χ0v) is 19.4. The van der Waals surface area contributed by atoms with Crippen LogP contribution in [0.25, 0.3) is 0 Å². The van der Waals surface area contributed by atoms with E-state index in [4.69, 9.17) is 14.0 Å². The lowest BCUT2D eigenvalue weighted by atomic mass is 9.74. The summed E-state index contributed by atoms with van der Waals surface area (Å²) in [6.07, 6.45) is 11.1. The molecule has 4 nitrogen and oxygen atoms in total. The van der Waals surface area contributed by atoms with Crippen molar-refractivity contribution in [2.45, 2.75) is 92.8 Å². The molecule has 3 saturated heterocycles. The van der Waals surface area contributed by atoms with Crippen molar-refractivity contribution in [3.8, 4) is 0 Å². The number of unbranched alkanes of at least 4 members (excludes halogenated alkanes) is 4. The van der Waals surface area contributed by atoms with E-state index in [0.29, 0.717) is 0 Å². The van der Waals surface area contributed by atoms with Crippen molar-refractivity contribution in [1.29, 1.82) is 0 Å². The van der Waals surface area contributed by atoms with Crippen molar-refractivity contribution >= 4 is 6.75 Å². The number of fused-ring (bicyclic) bond motifs is 3. The summed E-state index contributed by atoms with van der Waals surface area (Å²) in [5.41, 5.74) is 0.111. The summed E-state index contributed by atoms with van der Waals surface area (Å²) in [5, 5.41) is 0. The minimum Gasteiger partial charge on any atom is -0.544 e. The van der Waals surface area contributed by atoms with Crippen molar-refractivity contribution in [2.24, 2.45) is 5.41 Å². The molecule has 0 N–H and O–H groups in total. The number of quaternary nitrogens is 1. The normalized spacial score (nSPS) is 27.3. The molecule has 0 amide bonds. The summed E-state index contributed by atoms with van der Waals surface area (Å²) < 4.78 is 17.6. The molecule has 0 saturated carbocycles. The highest BCUT2D eigenvalue weighted by atomic mass is 16.8.